The van der Waals surface area contributed by atoms with E-state index in [9.17, 15) is 4.79 Å². The van der Waals surface area contributed by atoms with Crippen LogP contribution < -0.4 is 15.4 Å². The number of carbonyl (C=O) groups excluding carboxylic acids is 1. The Morgan fingerprint density at radius 2 is 1.82 bits per heavy atom. The van der Waals surface area contributed by atoms with Crippen LogP contribution in [0.2, 0.25) is 0 Å². The number of hydrogen-bond donors (Lipinski definition) is 3. The van der Waals surface area contributed by atoms with Crippen LogP contribution in [0.4, 0.5) is 17.5 Å². The molecular weight excluding hydrogens is 506 g/mol. The lowest BCUT2D eigenvalue weighted by atomic mass is 10.1. The number of amides is 1. The van der Waals surface area contributed by atoms with E-state index in [4.69, 9.17) is 9.47 Å². The van der Waals surface area contributed by atoms with Gasteiger partial charge >= 0.3 is 0 Å². The number of benzene rings is 2. The number of nitrogens with zero attached hydrogens (tertiary/aromatic N) is 4. The Hall–Kier alpha value is -4.44. The molecule has 0 unspecified atom stereocenters. The van der Waals surface area contributed by atoms with Crippen molar-refractivity contribution in [3.63, 3.8) is 0 Å². The molecule has 0 spiro atoms. The van der Waals surface area contributed by atoms with Crippen molar-refractivity contribution in [2.45, 2.75) is 32.2 Å². The van der Waals surface area contributed by atoms with E-state index < -0.39 is 0 Å². The van der Waals surface area contributed by atoms with Crippen molar-refractivity contribution in [1.82, 2.24) is 24.8 Å². The van der Waals surface area contributed by atoms with Crippen LogP contribution in [-0.4, -0.2) is 64.2 Å². The fraction of sp³-hybridized carbons (Fsp3) is 0.333. The van der Waals surface area contributed by atoms with Gasteiger partial charge in [-0.3, -0.25) is 4.79 Å². The van der Waals surface area contributed by atoms with Gasteiger partial charge in [0.15, 0.2) is 11.5 Å². The molecule has 1 amide bonds. The Bertz CT molecular complexity index is 1340. The quantitative estimate of drug-likeness (QED) is 0.172. The number of nitrogens with one attached hydrogen (secondary N) is 3. The first kappa shape index (κ1) is 28.6. The number of anilines is 3. The Morgan fingerprint density at radius 3 is 2.55 bits per heavy atom. The van der Waals surface area contributed by atoms with Crippen LogP contribution in [0.25, 0.3) is 11.2 Å². The molecule has 0 bridgehead atoms. The first-order valence-corrected chi connectivity index (χ1v) is 13.6. The molecular formula is C30H37N7O3. The number of aromatic nitrogens is 4. The summed E-state index contributed by atoms with van der Waals surface area (Å²) in [7, 11) is 1.69. The largest absolute Gasteiger partial charge is 0.494 e. The van der Waals surface area contributed by atoms with Crippen LogP contribution >= 0.6 is 0 Å². The number of H-pyrrole nitrogens is 1. The molecule has 0 atom stereocenters. The fourth-order valence-electron chi connectivity index (χ4n) is 4.20. The average Bonchev–Trinajstić information content (AvgIpc) is 3.49. The number of likely N-dealkylation sites (tertiary alicyclic amines) is 1. The van der Waals surface area contributed by atoms with Gasteiger partial charge in [0.25, 0.3) is 0 Å². The highest BCUT2D eigenvalue weighted by Crippen LogP contribution is 2.23. The molecule has 3 heterocycles. The van der Waals surface area contributed by atoms with Crippen LogP contribution in [0.5, 0.6) is 5.75 Å². The van der Waals surface area contributed by atoms with Crippen LogP contribution in [0.3, 0.4) is 0 Å². The standard InChI is InChI=1S/C22H24N6O2.C8H13NO/c1-29-12-5-13-30-18-10-8-17(9-11-18)26-22-27-20(19-21(28-22)25-15-24-19)23-14-16-6-3-2-4-7-16;1-2-8(10)9-6-4-3-5-7-9/h2-4,6-11,15H,5,12-14H2,1H3,(H3,23,24,25,26,27,28);2H,1,3-7H2. The van der Waals surface area contributed by atoms with Gasteiger partial charge in [-0.2, -0.15) is 9.97 Å². The molecule has 0 saturated carbocycles. The summed E-state index contributed by atoms with van der Waals surface area (Å²) >= 11 is 0. The summed E-state index contributed by atoms with van der Waals surface area (Å²) in [5.74, 6) is 2.06. The Balaban J connectivity index is 0.000000312. The number of hydrogen-bond acceptors (Lipinski definition) is 8. The molecule has 1 aliphatic rings. The molecule has 0 aliphatic carbocycles. The van der Waals surface area contributed by atoms with Gasteiger partial charge in [0, 0.05) is 45.5 Å². The predicted octanol–water partition coefficient (Wildman–Crippen LogP) is 5.31. The maximum Gasteiger partial charge on any atom is 0.245 e. The Morgan fingerprint density at radius 1 is 1.05 bits per heavy atom. The van der Waals surface area contributed by atoms with Gasteiger partial charge in [-0.05, 0) is 55.2 Å². The maximum atomic E-state index is 11.0. The zero-order valence-electron chi connectivity index (χ0n) is 22.9. The van der Waals surface area contributed by atoms with Gasteiger partial charge in [-0.25, -0.2) is 4.98 Å². The number of piperidine rings is 1. The lowest BCUT2D eigenvalue weighted by Gasteiger charge is -2.25. The van der Waals surface area contributed by atoms with Crippen molar-refractivity contribution in [1.29, 1.82) is 0 Å². The Kier molecular flexibility index (Phi) is 10.9. The van der Waals surface area contributed by atoms with Gasteiger partial charge in [-0.1, -0.05) is 36.9 Å². The summed E-state index contributed by atoms with van der Waals surface area (Å²) in [5, 5.41) is 6.60. The molecule has 10 nitrogen and oxygen atoms in total. The number of carbonyl (C=O) groups is 1. The molecule has 10 heteroatoms. The zero-order valence-corrected chi connectivity index (χ0v) is 22.9. The molecule has 1 saturated heterocycles. The van der Waals surface area contributed by atoms with Gasteiger partial charge in [0.1, 0.15) is 11.3 Å². The number of aromatic amines is 1. The lowest BCUT2D eigenvalue weighted by molar-refractivity contribution is -0.126. The third kappa shape index (κ3) is 8.54. The summed E-state index contributed by atoms with van der Waals surface area (Å²) in [6, 6.07) is 17.8. The zero-order chi connectivity index (χ0) is 28.0. The molecule has 0 radical (unpaired) electrons. The van der Waals surface area contributed by atoms with E-state index in [2.05, 4.69) is 49.3 Å². The lowest BCUT2D eigenvalue weighted by Crippen LogP contribution is -2.34. The van der Waals surface area contributed by atoms with Gasteiger partial charge in [0.2, 0.25) is 11.9 Å². The van der Waals surface area contributed by atoms with E-state index in [0.717, 1.165) is 49.3 Å². The molecule has 1 fully saturated rings. The number of ether oxygens (including phenoxy) is 2. The second kappa shape index (κ2) is 15.2. The van der Waals surface area contributed by atoms with Crippen LogP contribution in [0, 0.1) is 0 Å². The predicted molar refractivity (Wildman–Crippen MR) is 158 cm³/mol. The summed E-state index contributed by atoms with van der Waals surface area (Å²) in [4.78, 5) is 29.3. The normalized spacial score (nSPS) is 12.8. The Labute approximate surface area is 234 Å². The molecule has 4 aromatic rings. The number of methoxy groups -OCH3 is 1. The molecule has 2 aromatic heterocycles. The third-order valence-electron chi connectivity index (χ3n) is 6.30. The fourth-order valence-corrected chi connectivity index (χ4v) is 4.20. The topological polar surface area (TPSA) is 117 Å². The molecule has 210 valence electrons. The first-order valence-electron chi connectivity index (χ1n) is 13.6. The second-order valence-electron chi connectivity index (χ2n) is 9.27. The first-order chi connectivity index (χ1) is 19.7. The number of fused-ring (bicyclic) bond motifs is 1. The molecule has 2 aromatic carbocycles. The van der Waals surface area contributed by atoms with Crippen molar-refractivity contribution in [2.75, 3.05) is 44.0 Å². The van der Waals surface area contributed by atoms with Crippen molar-refractivity contribution < 1.29 is 14.3 Å². The maximum absolute atomic E-state index is 11.0. The number of imidazole rings is 1. The van der Waals surface area contributed by atoms with Crippen molar-refractivity contribution >= 4 is 34.5 Å². The highest BCUT2D eigenvalue weighted by molar-refractivity contribution is 5.87. The van der Waals surface area contributed by atoms with E-state index in [1.807, 2.05) is 47.4 Å². The van der Waals surface area contributed by atoms with E-state index >= 15 is 0 Å². The minimum absolute atomic E-state index is 0.0831. The van der Waals surface area contributed by atoms with Gasteiger partial charge in [-0.15, -0.1) is 0 Å². The van der Waals surface area contributed by atoms with E-state index in [-0.39, 0.29) is 5.91 Å². The highest BCUT2D eigenvalue weighted by atomic mass is 16.5. The average molecular weight is 544 g/mol. The summed E-state index contributed by atoms with van der Waals surface area (Å²) in [5.41, 5.74) is 3.40. The van der Waals surface area contributed by atoms with E-state index in [1.54, 1.807) is 13.4 Å². The van der Waals surface area contributed by atoms with Gasteiger partial charge in [0.05, 0.1) is 12.9 Å². The third-order valence-corrected chi connectivity index (χ3v) is 6.30. The van der Waals surface area contributed by atoms with Crippen LogP contribution in [-0.2, 0) is 16.1 Å². The van der Waals surface area contributed by atoms with Crippen LogP contribution in [0.15, 0.2) is 73.6 Å². The number of rotatable bonds is 11. The summed E-state index contributed by atoms with van der Waals surface area (Å²) in [6.07, 6.45) is 7.44. The van der Waals surface area contributed by atoms with Crippen molar-refractivity contribution in [2.24, 2.45) is 0 Å². The van der Waals surface area contributed by atoms with Crippen molar-refractivity contribution in [3.8, 4) is 5.75 Å². The van der Waals surface area contributed by atoms with Crippen LogP contribution in [0.1, 0.15) is 31.2 Å². The smallest absolute Gasteiger partial charge is 0.245 e. The molecule has 40 heavy (non-hydrogen) atoms. The second-order valence-corrected chi connectivity index (χ2v) is 9.27. The molecule has 5 rings (SSSR count). The molecule has 1 aliphatic heterocycles. The SMILES string of the molecule is C=CC(=O)N1CCCCC1.COCCCOc1ccc(Nc2nc(NCc3ccccc3)c3[nH]cnc3n2)cc1. The minimum atomic E-state index is 0.0831. The minimum Gasteiger partial charge on any atom is -0.494 e. The monoisotopic (exact) mass is 543 g/mol. The van der Waals surface area contributed by atoms with E-state index in [1.165, 1.54) is 18.1 Å². The highest BCUT2D eigenvalue weighted by Gasteiger charge is 2.13. The molecule has 3 N–H and O–H groups in total. The van der Waals surface area contributed by atoms with Gasteiger partial charge < -0.3 is 30.0 Å². The van der Waals surface area contributed by atoms with E-state index in [0.29, 0.717) is 37.2 Å². The summed E-state index contributed by atoms with van der Waals surface area (Å²) < 4.78 is 10.7. The van der Waals surface area contributed by atoms with Crippen molar-refractivity contribution in [3.05, 3.63) is 79.1 Å². The summed E-state index contributed by atoms with van der Waals surface area (Å²) in [6.45, 7) is 7.25.